The molecule has 1 aromatic rings. The average Bonchev–Trinajstić information content (AvgIpc) is 2.81. The van der Waals surface area contributed by atoms with Crippen molar-refractivity contribution in [2.75, 3.05) is 0 Å². The fraction of sp³-hybridized carbons (Fsp3) is 0.364. The summed E-state index contributed by atoms with van der Waals surface area (Å²) in [6.07, 6.45) is 0. The molecule has 0 N–H and O–H groups in total. The molecule has 1 aliphatic heterocycles. The maximum absolute atomic E-state index is 12.5. The molecule has 1 heterocycles. The summed E-state index contributed by atoms with van der Waals surface area (Å²) in [6.45, 7) is 3.44. The number of nitro benzene ring substituents is 1. The number of rotatable bonds is 4. The summed E-state index contributed by atoms with van der Waals surface area (Å²) in [5.74, 6) is -0.830. The first kappa shape index (κ1) is 15.5. The zero-order valence-electron chi connectivity index (χ0n) is 11.4. The molecule has 0 amide bonds. The largest absolute Gasteiger partial charge is 0.521 e. The van der Waals surface area contributed by atoms with Crippen LogP contribution in [0.25, 0.3) is 0 Å². The average molecular weight is 312 g/mol. The summed E-state index contributed by atoms with van der Waals surface area (Å²) in [7, 11) is -4.29. The van der Waals surface area contributed by atoms with Crippen LogP contribution in [-0.2, 0) is 19.5 Å². The Bertz CT molecular complexity index is 672. The first-order chi connectivity index (χ1) is 9.75. The second kappa shape index (κ2) is 5.45. The van der Waals surface area contributed by atoms with E-state index in [1.165, 1.54) is 0 Å². The van der Waals surface area contributed by atoms with Gasteiger partial charge in [-0.25, -0.2) is 8.42 Å². The lowest BCUT2D eigenvalue weighted by atomic mass is 10.0. The predicted molar refractivity (Wildman–Crippen MR) is 74.0 cm³/mol. The lowest BCUT2D eigenvalue weighted by Crippen LogP contribution is -2.42. The molecule has 0 aromatic heterocycles. The van der Waals surface area contributed by atoms with Crippen LogP contribution in [0, 0.1) is 16.0 Å². The molecule has 1 saturated heterocycles. The van der Waals surface area contributed by atoms with Gasteiger partial charge < -0.3 is 4.65 Å². The molecule has 0 radical (unpaired) electrons. The van der Waals surface area contributed by atoms with Gasteiger partial charge in [0, 0.05) is 12.1 Å². The van der Waals surface area contributed by atoms with Crippen molar-refractivity contribution in [1.82, 2.24) is 4.22 Å². The molecule has 1 aliphatic rings. The number of nitrogens with zero attached hydrogens (tertiary/aromatic N) is 2. The van der Waals surface area contributed by atoms with Gasteiger partial charge in [-0.3, -0.25) is 14.9 Å². The summed E-state index contributed by atoms with van der Waals surface area (Å²) in [5.41, 5.74) is -0.205. The Hall–Kier alpha value is -1.94. The Morgan fingerprint density at radius 3 is 2.38 bits per heavy atom. The van der Waals surface area contributed by atoms with Crippen LogP contribution < -0.4 is 0 Å². The van der Waals surface area contributed by atoms with E-state index in [-0.39, 0.29) is 24.1 Å². The summed E-state index contributed by atoms with van der Waals surface area (Å²) in [6, 6.07) is 3.62. The third-order valence-electron chi connectivity index (χ3n) is 3.17. The molecule has 0 aliphatic carbocycles. The predicted octanol–water partition coefficient (Wildman–Crippen LogP) is 0.433. The highest BCUT2D eigenvalue weighted by Crippen LogP contribution is 2.26. The van der Waals surface area contributed by atoms with Gasteiger partial charge in [0.1, 0.15) is 6.04 Å². The van der Waals surface area contributed by atoms with Gasteiger partial charge in [0.05, 0.1) is 9.82 Å². The molecule has 0 bridgehead atoms. The molecule has 0 unspecified atom stereocenters. The SMILES string of the molecule is CC(C)[C@H]1C(=O)OBN1S(=O)(=O)c1ccc([N+](=O)[O-])cc1. The zero-order chi connectivity index (χ0) is 15.8. The Labute approximate surface area is 122 Å². The van der Waals surface area contributed by atoms with Gasteiger partial charge >= 0.3 is 13.6 Å². The Balaban J connectivity index is 2.37. The molecule has 10 heteroatoms. The standard InChI is InChI=1S/C11H13BN2O6S/c1-7(2)10-11(15)20-12-13(10)21(18,19)9-5-3-8(4-6-9)14(16)17/h3-7,10,12H,1-2H3/t10-/m0/s1. The van der Waals surface area contributed by atoms with E-state index < -0.39 is 27.0 Å². The van der Waals surface area contributed by atoms with Crippen LogP contribution >= 0.6 is 0 Å². The highest BCUT2D eigenvalue weighted by Gasteiger charge is 2.45. The third-order valence-corrected chi connectivity index (χ3v) is 4.99. The molecule has 8 nitrogen and oxygen atoms in total. The molecule has 1 fully saturated rings. The van der Waals surface area contributed by atoms with E-state index in [0.717, 1.165) is 28.5 Å². The molecular weight excluding hydrogens is 299 g/mol. The minimum absolute atomic E-state index is 0.114. The van der Waals surface area contributed by atoms with Crippen molar-refractivity contribution in [3.63, 3.8) is 0 Å². The Kier molecular flexibility index (Phi) is 4.01. The van der Waals surface area contributed by atoms with Crippen molar-refractivity contribution in [3.05, 3.63) is 34.4 Å². The number of carbonyl (C=O) groups excluding carboxylic acids is 1. The number of benzene rings is 1. The minimum atomic E-state index is -3.94. The Morgan fingerprint density at radius 2 is 1.90 bits per heavy atom. The smallest absolute Gasteiger partial charge is 0.448 e. The minimum Gasteiger partial charge on any atom is -0.521 e. The normalized spacial score (nSPS) is 19.4. The van der Waals surface area contributed by atoms with Gasteiger partial charge in [-0.1, -0.05) is 13.8 Å². The highest BCUT2D eigenvalue weighted by atomic mass is 32.2. The summed E-state index contributed by atoms with van der Waals surface area (Å²) in [4.78, 5) is 21.5. The number of carbonyl (C=O) groups is 1. The fourth-order valence-corrected chi connectivity index (χ4v) is 3.68. The van der Waals surface area contributed by atoms with Gasteiger partial charge in [0.2, 0.25) is 10.0 Å². The van der Waals surface area contributed by atoms with Gasteiger partial charge in [0.15, 0.2) is 0 Å². The maximum atomic E-state index is 12.5. The van der Waals surface area contributed by atoms with Crippen LogP contribution in [0.3, 0.4) is 0 Å². The van der Waals surface area contributed by atoms with Crippen molar-refractivity contribution in [2.45, 2.75) is 24.8 Å². The van der Waals surface area contributed by atoms with Gasteiger partial charge in [-0.05, 0) is 18.1 Å². The number of nitro groups is 1. The molecule has 1 atom stereocenters. The highest BCUT2D eigenvalue weighted by molar-refractivity contribution is 7.90. The van der Waals surface area contributed by atoms with E-state index in [2.05, 4.69) is 0 Å². The monoisotopic (exact) mass is 312 g/mol. The summed E-state index contributed by atoms with van der Waals surface area (Å²) < 4.78 is 30.8. The molecule has 0 spiro atoms. The van der Waals surface area contributed by atoms with Crippen molar-refractivity contribution in [3.8, 4) is 0 Å². The fourth-order valence-electron chi connectivity index (χ4n) is 2.11. The first-order valence-corrected chi connectivity index (χ1v) is 7.62. The third kappa shape index (κ3) is 2.76. The number of hydrogen-bond donors (Lipinski definition) is 0. The molecule has 21 heavy (non-hydrogen) atoms. The topological polar surface area (TPSA) is 107 Å². The van der Waals surface area contributed by atoms with E-state index in [1.807, 2.05) is 0 Å². The molecule has 112 valence electrons. The quantitative estimate of drug-likeness (QED) is 0.453. The van der Waals surface area contributed by atoms with Gasteiger partial charge in [0.25, 0.3) is 5.69 Å². The maximum Gasteiger partial charge on any atom is 0.448 e. The molecular formula is C11H13BN2O6S. The van der Waals surface area contributed by atoms with Crippen molar-refractivity contribution in [2.24, 2.45) is 5.92 Å². The summed E-state index contributed by atoms with van der Waals surface area (Å²) >= 11 is 0. The first-order valence-electron chi connectivity index (χ1n) is 6.18. The molecule has 1 aromatic carbocycles. The molecule has 2 rings (SSSR count). The number of non-ortho nitro benzene ring substituents is 1. The van der Waals surface area contributed by atoms with Crippen LogP contribution in [0.4, 0.5) is 5.69 Å². The van der Waals surface area contributed by atoms with E-state index in [9.17, 15) is 23.3 Å². The van der Waals surface area contributed by atoms with Crippen molar-refractivity contribution >= 4 is 29.3 Å². The Morgan fingerprint density at radius 1 is 1.33 bits per heavy atom. The van der Waals surface area contributed by atoms with Crippen LogP contribution in [0.2, 0.25) is 0 Å². The van der Waals surface area contributed by atoms with Gasteiger partial charge in [-0.15, -0.1) is 0 Å². The van der Waals surface area contributed by atoms with Crippen molar-refractivity contribution in [1.29, 1.82) is 0 Å². The molecule has 0 saturated carbocycles. The van der Waals surface area contributed by atoms with Crippen LogP contribution in [0.15, 0.2) is 29.2 Å². The van der Waals surface area contributed by atoms with Crippen LogP contribution in [0.1, 0.15) is 13.8 Å². The summed E-state index contributed by atoms with van der Waals surface area (Å²) in [5, 5.41) is 10.6. The second-order valence-corrected chi connectivity index (χ2v) is 6.82. The second-order valence-electron chi connectivity index (χ2n) is 4.92. The number of hydrogen-bond acceptors (Lipinski definition) is 6. The van der Waals surface area contributed by atoms with E-state index in [1.54, 1.807) is 13.8 Å². The van der Waals surface area contributed by atoms with Crippen molar-refractivity contribution < 1.29 is 22.8 Å². The zero-order valence-corrected chi connectivity index (χ0v) is 12.2. The van der Waals surface area contributed by atoms with Crippen LogP contribution in [0.5, 0.6) is 0 Å². The lowest BCUT2D eigenvalue weighted by Gasteiger charge is -2.22. The van der Waals surface area contributed by atoms with Crippen LogP contribution in [-0.4, -0.2) is 37.2 Å². The number of sulfonamides is 1. The van der Waals surface area contributed by atoms with E-state index in [4.69, 9.17) is 4.65 Å². The van der Waals surface area contributed by atoms with E-state index >= 15 is 0 Å². The lowest BCUT2D eigenvalue weighted by molar-refractivity contribution is -0.384. The van der Waals surface area contributed by atoms with E-state index in [0.29, 0.717) is 0 Å². The van der Waals surface area contributed by atoms with Gasteiger partial charge in [-0.2, -0.15) is 4.22 Å².